The van der Waals surface area contributed by atoms with Crippen molar-refractivity contribution in [3.63, 3.8) is 0 Å². The van der Waals surface area contributed by atoms with Crippen LogP contribution in [0.15, 0.2) is 53.3 Å². The van der Waals surface area contributed by atoms with Crippen molar-refractivity contribution in [2.75, 3.05) is 20.3 Å². The van der Waals surface area contributed by atoms with Gasteiger partial charge in [0.1, 0.15) is 5.75 Å². The molecule has 3 rings (SSSR count). The standard InChI is InChI=1S/C20H22N2O3/c1-22-18(13-25-11-10-21)19(14-6-4-3-5-7-14)17-12-15(24-2)8-9-16(17)20(22)23/h3-9,12H,10-11,13,21H2,1-2H3. The van der Waals surface area contributed by atoms with Gasteiger partial charge in [-0.25, -0.2) is 0 Å². The van der Waals surface area contributed by atoms with Gasteiger partial charge in [0, 0.05) is 29.9 Å². The van der Waals surface area contributed by atoms with Crippen LogP contribution >= 0.6 is 0 Å². The number of fused-ring (bicyclic) bond motifs is 1. The molecule has 5 heteroatoms. The highest BCUT2D eigenvalue weighted by Crippen LogP contribution is 2.32. The summed E-state index contributed by atoms with van der Waals surface area (Å²) < 4.78 is 12.7. The molecule has 25 heavy (non-hydrogen) atoms. The highest BCUT2D eigenvalue weighted by molar-refractivity contribution is 5.98. The van der Waals surface area contributed by atoms with Crippen molar-refractivity contribution in [1.82, 2.24) is 4.57 Å². The summed E-state index contributed by atoms with van der Waals surface area (Å²) in [7, 11) is 3.40. The van der Waals surface area contributed by atoms with Crippen LogP contribution in [0.5, 0.6) is 5.75 Å². The van der Waals surface area contributed by atoms with Crippen LogP contribution in [0.25, 0.3) is 21.9 Å². The minimum Gasteiger partial charge on any atom is -0.497 e. The number of nitrogens with zero attached hydrogens (tertiary/aromatic N) is 1. The molecule has 0 amide bonds. The van der Waals surface area contributed by atoms with E-state index in [9.17, 15) is 4.79 Å². The summed E-state index contributed by atoms with van der Waals surface area (Å²) in [6, 6.07) is 15.5. The summed E-state index contributed by atoms with van der Waals surface area (Å²) in [6.07, 6.45) is 0. The van der Waals surface area contributed by atoms with Gasteiger partial charge in [-0.3, -0.25) is 4.79 Å². The number of hydrogen-bond acceptors (Lipinski definition) is 4. The van der Waals surface area contributed by atoms with Gasteiger partial charge < -0.3 is 19.8 Å². The Morgan fingerprint density at radius 1 is 1.08 bits per heavy atom. The highest BCUT2D eigenvalue weighted by Gasteiger charge is 2.17. The first-order valence-electron chi connectivity index (χ1n) is 8.20. The molecule has 1 heterocycles. The van der Waals surface area contributed by atoms with Crippen LogP contribution in [0.1, 0.15) is 5.69 Å². The maximum absolute atomic E-state index is 12.8. The number of rotatable bonds is 6. The van der Waals surface area contributed by atoms with E-state index in [1.807, 2.05) is 48.5 Å². The van der Waals surface area contributed by atoms with Gasteiger partial charge in [-0.2, -0.15) is 0 Å². The lowest BCUT2D eigenvalue weighted by Gasteiger charge is -2.18. The van der Waals surface area contributed by atoms with Crippen LogP contribution in [-0.2, 0) is 18.4 Å². The predicted octanol–water partition coefficient (Wildman–Crippen LogP) is 2.69. The van der Waals surface area contributed by atoms with E-state index in [-0.39, 0.29) is 5.56 Å². The minimum absolute atomic E-state index is 0.0521. The molecule has 1 aromatic heterocycles. The Labute approximate surface area is 146 Å². The number of ether oxygens (including phenoxy) is 2. The molecule has 0 aliphatic carbocycles. The lowest BCUT2D eigenvalue weighted by molar-refractivity contribution is 0.123. The number of nitrogens with two attached hydrogens (primary N) is 1. The van der Waals surface area contributed by atoms with Gasteiger partial charge in [0.15, 0.2) is 0 Å². The summed E-state index contributed by atoms with van der Waals surface area (Å²) in [5.41, 5.74) is 8.31. The second kappa shape index (κ2) is 7.51. The number of aromatic nitrogens is 1. The Balaban J connectivity index is 2.34. The molecule has 0 aliphatic rings. The van der Waals surface area contributed by atoms with Gasteiger partial charge in [-0.1, -0.05) is 30.3 Å². The fourth-order valence-corrected chi connectivity index (χ4v) is 3.02. The molecule has 0 radical (unpaired) electrons. The van der Waals surface area contributed by atoms with Crippen molar-refractivity contribution in [2.24, 2.45) is 12.8 Å². The van der Waals surface area contributed by atoms with E-state index >= 15 is 0 Å². The van der Waals surface area contributed by atoms with Crippen LogP contribution < -0.4 is 16.0 Å². The summed E-state index contributed by atoms with van der Waals surface area (Å²) in [6.45, 7) is 1.20. The van der Waals surface area contributed by atoms with E-state index in [1.165, 1.54) is 0 Å². The molecule has 2 N–H and O–H groups in total. The van der Waals surface area contributed by atoms with Gasteiger partial charge in [0.25, 0.3) is 5.56 Å². The smallest absolute Gasteiger partial charge is 0.258 e. The Morgan fingerprint density at radius 2 is 1.84 bits per heavy atom. The summed E-state index contributed by atoms with van der Waals surface area (Å²) in [5.74, 6) is 0.715. The zero-order valence-electron chi connectivity index (χ0n) is 14.5. The average Bonchev–Trinajstić information content (AvgIpc) is 2.66. The number of methoxy groups -OCH3 is 1. The predicted molar refractivity (Wildman–Crippen MR) is 99.9 cm³/mol. The first kappa shape index (κ1) is 17.2. The molecule has 0 fully saturated rings. The first-order chi connectivity index (χ1) is 12.2. The largest absolute Gasteiger partial charge is 0.497 e. The van der Waals surface area contributed by atoms with E-state index in [1.54, 1.807) is 18.7 Å². The maximum Gasteiger partial charge on any atom is 0.258 e. The molecule has 0 aliphatic heterocycles. The maximum atomic E-state index is 12.8. The number of benzene rings is 2. The van der Waals surface area contributed by atoms with Gasteiger partial charge in [-0.05, 0) is 23.8 Å². The van der Waals surface area contributed by atoms with Crippen molar-refractivity contribution < 1.29 is 9.47 Å². The second-order valence-electron chi connectivity index (χ2n) is 5.80. The molecule has 0 atom stereocenters. The van der Waals surface area contributed by atoms with E-state index < -0.39 is 0 Å². The first-order valence-corrected chi connectivity index (χ1v) is 8.20. The molecule has 0 saturated carbocycles. The van der Waals surface area contributed by atoms with Crippen molar-refractivity contribution in [3.8, 4) is 16.9 Å². The van der Waals surface area contributed by atoms with Gasteiger partial charge in [0.2, 0.25) is 0 Å². The zero-order valence-corrected chi connectivity index (χ0v) is 14.5. The molecular weight excluding hydrogens is 316 g/mol. The average molecular weight is 338 g/mol. The molecule has 130 valence electrons. The van der Waals surface area contributed by atoms with Gasteiger partial charge in [0.05, 0.1) is 26.0 Å². The third-order valence-electron chi connectivity index (χ3n) is 4.29. The number of hydrogen-bond donors (Lipinski definition) is 1. The van der Waals surface area contributed by atoms with Gasteiger partial charge >= 0.3 is 0 Å². The molecule has 0 bridgehead atoms. The summed E-state index contributed by atoms with van der Waals surface area (Å²) in [4.78, 5) is 12.8. The van der Waals surface area contributed by atoms with Crippen molar-refractivity contribution in [2.45, 2.75) is 6.61 Å². The Kier molecular flexibility index (Phi) is 5.16. The van der Waals surface area contributed by atoms with Crippen LogP contribution in [0, 0.1) is 0 Å². The summed E-state index contributed by atoms with van der Waals surface area (Å²) in [5, 5.41) is 1.52. The van der Waals surface area contributed by atoms with Crippen LogP contribution in [-0.4, -0.2) is 24.8 Å². The Bertz CT molecular complexity index is 933. The fourth-order valence-electron chi connectivity index (χ4n) is 3.02. The Hall–Kier alpha value is -2.63. The van der Waals surface area contributed by atoms with Crippen LogP contribution in [0.2, 0.25) is 0 Å². The molecule has 2 aromatic carbocycles. The zero-order chi connectivity index (χ0) is 17.8. The van der Waals surface area contributed by atoms with E-state index in [0.717, 1.165) is 22.2 Å². The van der Waals surface area contributed by atoms with Crippen molar-refractivity contribution in [1.29, 1.82) is 0 Å². The highest BCUT2D eigenvalue weighted by atomic mass is 16.5. The van der Waals surface area contributed by atoms with Crippen molar-refractivity contribution >= 4 is 10.8 Å². The Morgan fingerprint density at radius 3 is 2.52 bits per heavy atom. The molecule has 0 saturated heterocycles. The quantitative estimate of drug-likeness (QED) is 0.702. The van der Waals surface area contributed by atoms with Crippen LogP contribution in [0.3, 0.4) is 0 Å². The van der Waals surface area contributed by atoms with Crippen molar-refractivity contribution in [3.05, 3.63) is 64.6 Å². The molecule has 3 aromatic rings. The fraction of sp³-hybridized carbons (Fsp3) is 0.250. The van der Waals surface area contributed by atoms with Gasteiger partial charge in [-0.15, -0.1) is 0 Å². The number of pyridine rings is 1. The molecule has 0 spiro atoms. The summed E-state index contributed by atoms with van der Waals surface area (Å²) >= 11 is 0. The molecule has 0 unspecified atom stereocenters. The third kappa shape index (κ3) is 3.29. The molecule has 5 nitrogen and oxygen atoms in total. The van der Waals surface area contributed by atoms with Crippen LogP contribution in [0.4, 0.5) is 0 Å². The van der Waals surface area contributed by atoms with E-state index in [0.29, 0.717) is 30.9 Å². The monoisotopic (exact) mass is 338 g/mol. The normalized spacial score (nSPS) is 11.0. The molecular formula is C20H22N2O3. The minimum atomic E-state index is -0.0521. The topological polar surface area (TPSA) is 66.5 Å². The third-order valence-corrected chi connectivity index (χ3v) is 4.29. The van der Waals surface area contributed by atoms with E-state index in [4.69, 9.17) is 15.2 Å². The SMILES string of the molecule is COc1ccc2c(=O)n(C)c(COCCN)c(-c3ccccc3)c2c1. The second-order valence-corrected chi connectivity index (χ2v) is 5.80. The lowest BCUT2D eigenvalue weighted by atomic mass is 9.97. The van der Waals surface area contributed by atoms with E-state index in [2.05, 4.69) is 0 Å². The lowest BCUT2D eigenvalue weighted by Crippen LogP contribution is -2.23.